The minimum absolute atomic E-state index is 0.0526. The zero-order chi connectivity index (χ0) is 26.8. The van der Waals surface area contributed by atoms with Crippen molar-refractivity contribution in [2.24, 2.45) is 0 Å². The quantitative estimate of drug-likeness (QED) is 0.406. The number of nitrogens with one attached hydrogen (secondary N) is 2. The molecular formula is C27H29N5O6. The molecule has 0 aliphatic carbocycles. The van der Waals surface area contributed by atoms with E-state index in [9.17, 15) is 24.5 Å². The maximum atomic E-state index is 13.9. The first kappa shape index (κ1) is 25.4. The third-order valence-electron chi connectivity index (χ3n) is 7.28. The van der Waals surface area contributed by atoms with Gasteiger partial charge in [-0.1, -0.05) is 42.5 Å². The Morgan fingerprint density at radius 1 is 1.21 bits per heavy atom. The summed E-state index contributed by atoms with van der Waals surface area (Å²) in [5, 5.41) is 17.1. The van der Waals surface area contributed by atoms with Crippen LogP contribution in [0.15, 0.2) is 65.9 Å². The van der Waals surface area contributed by atoms with Crippen LogP contribution in [0.1, 0.15) is 30.0 Å². The molecule has 2 aromatic rings. The lowest BCUT2D eigenvalue weighted by Crippen LogP contribution is -2.51. The predicted molar refractivity (Wildman–Crippen MR) is 137 cm³/mol. The second-order valence-electron chi connectivity index (χ2n) is 9.67. The van der Waals surface area contributed by atoms with Crippen molar-refractivity contribution in [1.29, 1.82) is 0 Å². The number of amides is 4. The molecule has 4 amide bonds. The standard InChI is InChI=1S/C27H29N5O6/c1-30-22-16-31(21(13-17-7-3-2-4-8-17)25(33)28-15-20-11-6-12-38-20)26(34)23(22)24(29-27(30)35)18-9-5-10-19(14-18)32(36)37/h2-5,7-10,14,20-21,24H,6,11-13,15-16H2,1H3,(H,28,33)(H,29,35)/t20-,21+,24-/m1/s1. The molecule has 0 unspecified atom stereocenters. The number of nitro benzene ring substituents is 1. The van der Waals surface area contributed by atoms with Crippen LogP contribution >= 0.6 is 0 Å². The van der Waals surface area contributed by atoms with Crippen molar-refractivity contribution in [3.8, 4) is 0 Å². The van der Waals surface area contributed by atoms with E-state index in [0.717, 1.165) is 18.4 Å². The molecule has 0 spiro atoms. The van der Waals surface area contributed by atoms with Gasteiger partial charge in [0.05, 0.1) is 34.9 Å². The molecule has 0 bridgehead atoms. The highest BCUT2D eigenvalue weighted by Gasteiger charge is 2.46. The number of nitrogens with zero attached hydrogens (tertiary/aromatic N) is 3. The lowest BCUT2D eigenvalue weighted by atomic mass is 9.95. The molecule has 3 aliphatic rings. The molecule has 0 radical (unpaired) electrons. The molecule has 38 heavy (non-hydrogen) atoms. The lowest BCUT2D eigenvalue weighted by molar-refractivity contribution is -0.384. The summed E-state index contributed by atoms with van der Waals surface area (Å²) in [6.45, 7) is 1.09. The summed E-state index contributed by atoms with van der Waals surface area (Å²) in [6, 6.07) is 13.2. The van der Waals surface area contributed by atoms with E-state index in [4.69, 9.17) is 4.74 Å². The average Bonchev–Trinajstić information content (AvgIpc) is 3.57. The van der Waals surface area contributed by atoms with Gasteiger partial charge < -0.3 is 20.3 Å². The van der Waals surface area contributed by atoms with Crippen LogP contribution in [0.2, 0.25) is 0 Å². The zero-order valence-corrected chi connectivity index (χ0v) is 21.0. The molecule has 2 N–H and O–H groups in total. The van der Waals surface area contributed by atoms with Crippen LogP contribution in [-0.2, 0) is 20.7 Å². The number of hydrogen-bond donors (Lipinski definition) is 2. The number of nitro groups is 1. The van der Waals surface area contributed by atoms with Gasteiger partial charge in [0.1, 0.15) is 6.04 Å². The molecular weight excluding hydrogens is 490 g/mol. The van der Waals surface area contributed by atoms with Crippen molar-refractivity contribution in [2.75, 3.05) is 26.7 Å². The third-order valence-corrected chi connectivity index (χ3v) is 7.28. The number of benzene rings is 2. The van der Waals surface area contributed by atoms with Crippen LogP contribution in [0.4, 0.5) is 10.5 Å². The zero-order valence-electron chi connectivity index (χ0n) is 21.0. The average molecular weight is 520 g/mol. The highest BCUT2D eigenvalue weighted by molar-refractivity contribution is 6.03. The van der Waals surface area contributed by atoms with Crippen LogP contribution in [0.25, 0.3) is 0 Å². The Balaban J connectivity index is 1.45. The largest absolute Gasteiger partial charge is 0.376 e. The molecule has 1 fully saturated rings. The molecule has 11 heteroatoms. The van der Waals surface area contributed by atoms with E-state index in [1.165, 1.54) is 28.0 Å². The summed E-state index contributed by atoms with van der Waals surface area (Å²) in [5.74, 6) is -0.692. The van der Waals surface area contributed by atoms with Gasteiger partial charge in [-0.2, -0.15) is 0 Å². The number of rotatable bonds is 8. The second kappa shape index (κ2) is 10.6. The van der Waals surface area contributed by atoms with Crippen LogP contribution < -0.4 is 10.6 Å². The smallest absolute Gasteiger partial charge is 0.322 e. The molecule has 1 saturated heterocycles. The summed E-state index contributed by atoms with van der Waals surface area (Å²) in [5.41, 5.74) is 1.94. The lowest BCUT2D eigenvalue weighted by Gasteiger charge is -2.31. The second-order valence-corrected chi connectivity index (χ2v) is 9.67. The Labute approximate surface area is 219 Å². The Morgan fingerprint density at radius 3 is 2.71 bits per heavy atom. The van der Waals surface area contributed by atoms with Crippen LogP contribution in [0.3, 0.4) is 0 Å². The number of ether oxygens (including phenoxy) is 1. The SMILES string of the molecule is CN1C(=O)N[C@H](c2cccc([N+](=O)[O-])c2)C2=C1CN([C@@H](Cc1ccccc1)C(=O)NC[C@H]1CCCO1)C2=O. The monoisotopic (exact) mass is 519 g/mol. The minimum Gasteiger partial charge on any atom is -0.376 e. The van der Waals surface area contributed by atoms with Gasteiger partial charge in [0.15, 0.2) is 0 Å². The van der Waals surface area contributed by atoms with Crippen molar-refractivity contribution < 1.29 is 24.0 Å². The fourth-order valence-corrected chi connectivity index (χ4v) is 5.23. The molecule has 3 aliphatic heterocycles. The molecule has 11 nitrogen and oxygen atoms in total. The van der Waals surface area contributed by atoms with E-state index in [2.05, 4.69) is 10.6 Å². The van der Waals surface area contributed by atoms with Gasteiger partial charge in [-0.05, 0) is 24.0 Å². The van der Waals surface area contributed by atoms with Gasteiger partial charge in [0.25, 0.3) is 11.6 Å². The van der Waals surface area contributed by atoms with Crippen LogP contribution in [0, 0.1) is 10.1 Å². The summed E-state index contributed by atoms with van der Waals surface area (Å²) < 4.78 is 5.64. The minimum atomic E-state index is -0.876. The number of carbonyl (C=O) groups excluding carboxylic acids is 3. The van der Waals surface area contributed by atoms with Gasteiger partial charge in [-0.3, -0.25) is 24.6 Å². The van der Waals surface area contributed by atoms with E-state index in [-0.39, 0.29) is 30.7 Å². The molecule has 5 rings (SSSR count). The van der Waals surface area contributed by atoms with Crippen molar-refractivity contribution >= 4 is 23.5 Å². The van der Waals surface area contributed by atoms with Crippen LogP contribution in [-0.4, -0.2) is 71.5 Å². The first-order chi connectivity index (χ1) is 18.3. The summed E-state index contributed by atoms with van der Waals surface area (Å²) in [6.07, 6.45) is 2.05. The van der Waals surface area contributed by atoms with Crippen molar-refractivity contribution in [1.82, 2.24) is 20.4 Å². The topological polar surface area (TPSA) is 134 Å². The normalized spacial score (nSPS) is 21.8. The molecule has 3 atom stereocenters. The van der Waals surface area contributed by atoms with Crippen molar-refractivity contribution in [3.05, 3.63) is 87.1 Å². The maximum Gasteiger partial charge on any atom is 0.322 e. The fraction of sp³-hybridized carbons (Fsp3) is 0.370. The first-order valence-electron chi connectivity index (χ1n) is 12.6. The molecule has 0 saturated carbocycles. The Kier molecular flexibility index (Phi) is 7.10. The van der Waals surface area contributed by atoms with Gasteiger partial charge in [-0.15, -0.1) is 0 Å². The molecule has 2 aromatic carbocycles. The first-order valence-corrected chi connectivity index (χ1v) is 12.6. The summed E-state index contributed by atoms with van der Waals surface area (Å²) >= 11 is 0. The van der Waals surface area contributed by atoms with E-state index in [1.807, 2.05) is 30.3 Å². The van der Waals surface area contributed by atoms with Gasteiger partial charge in [0.2, 0.25) is 5.91 Å². The Hall–Kier alpha value is -4.25. The van der Waals surface area contributed by atoms with E-state index in [0.29, 0.717) is 30.0 Å². The number of carbonyl (C=O) groups is 3. The number of urea groups is 1. The van der Waals surface area contributed by atoms with Crippen LogP contribution in [0.5, 0.6) is 0 Å². The fourth-order valence-electron chi connectivity index (χ4n) is 5.23. The Bertz CT molecular complexity index is 1290. The highest BCUT2D eigenvalue weighted by atomic mass is 16.6. The van der Waals surface area contributed by atoms with Gasteiger partial charge in [0, 0.05) is 38.8 Å². The summed E-state index contributed by atoms with van der Waals surface area (Å²) in [4.78, 5) is 54.0. The Morgan fingerprint density at radius 2 is 2.00 bits per heavy atom. The number of hydrogen-bond acceptors (Lipinski definition) is 6. The number of likely N-dealkylation sites (N-methyl/N-ethyl adjacent to an activating group) is 1. The van der Waals surface area contributed by atoms with E-state index >= 15 is 0 Å². The molecule has 198 valence electrons. The third kappa shape index (κ3) is 4.97. The van der Waals surface area contributed by atoms with Crippen molar-refractivity contribution in [2.45, 2.75) is 37.5 Å². The highest BCUT2D eigenvalue weighted by Crippen LogP contribution is 2.37. The van der Waals surface area contributed by atoms with Crippen molar-refractivity contribution in [3.63, 3.8) is 0 Å². The predicted octanol–water partition coefficient (Wildman–Crippen LogP) is 2.29. The number of non-ortho nitro benzene ring substituents is 1. The maximum absolute atomic E-state index is 13.9. The van der Waals surface area contributed by atoms with E-state index < -0.39 is 28.9 Å². The van der Waals surface area contributed by atoms with Gasteiger partial charge >= 0.3 is 6.03 Å². The van der Waals surface area contributed by atoms with Gasteiger partial charge in [-0.25, -0.2) is 4.79 Å². The molecule has 3 heterocycles. The molecule has 0 aromatic heterocycles. The van der Waals surface area contributed by atoms with E-state index in [1.54, 1.807) is 13.1 Å². The summed E-state index contributed by atoms with van der Waals surface area (Å²) in [7, 11) is 1.56.